The van der Waals surface area contributed by atoms with E-state index in [4.69, 9.17) is 5.73 Å². The standard InChI is InChI=1S/C13H21NO/c1-3-13(4-2,10-14)9-11-5-7-12(15)8-6-11/h5-8,15H,3-4,9-10,14H2,1-2H3. The second-order valence-corrected chi connectivity index (χ2v) is 4.25. The van der Waals surface area contributed by atoms with Crippen molar-refractivity contribution in [2.45, 2.75) is 33.1 Å². The summed E-state index contributed by atoms with van der Waals surface area (Å²) in [6, 6.07) is 7.43. The minimum absolute atomic E-state index is 0.219. The highest BCUT2D eigenvalue weighted by molar-refractivity contribution is 5.26. The van der Waals surface area contributed by atoms with Crippen LogP contribution in [-0.4, -0.2) is 11.7 Å². The molecule has 0 aliphatic carbocycles. The lowest BCUT2D eigenvalue weighted by Crippen LogP contribution is -2.31. The summed E-state index contributed by atoms with van der Waals surface area (Å²) in [5.41, 5.74) is 7.33. The Morgan fingerprint density at radius 3 is 2.07 bits per heavy atom. The predicted octanol–water partition coefficient (Wildman–Crippen LogP) is 2.70. The number of hydrogen-bond acceptors (Lipinski definition) is 2. The predicted molar refractivity (Wildman–Crippen MR) is 63.9 cm³/mol. The molecule has 3 N–H and O–H groups in total. The van der Waals surface area contributed by atoms with Gasteiger partial charge in [0.05, 0.1) is 0 Å². The number of aromatic hydroxyl groups is 1. The molecule has 0 bridgehead atoms. The molecule has 0 aromatic heterocycles. The molecular weight excluding hydrogens is 186 g/mol. The lowest BCUT2D eigenvalue weighted by Gasteiger charge is -2.30. The normalized spacial score (nSPS) is 11.7. The van der Waals surface area contributed by atoms with Crippen LogP contribution in [0.3, 0.4) is 0 Å². The molecular formula is C13H21NO. The maximum absolute atomic E-state index is 9.20. The first-order chi connectivity index (χ1) is 7.15. The molecule has 0 aliphatic heterocycles. The van der Waals surface area contributed by atoms with E-state index in [0.29, 0.717) is 5.75 Å². The second kappa shape index (κ2) is 5.17. The van der Waals surface area contributed by atoms with Crippen LogP contribution in [-0.2, 0) is 6.42 Å². The highest BCUT2D eigenvalue weighted by Gasteiger charge is 2.24. The van der Waals surface area contributed by atoms with Crippen molar-refractivity contribution in [1.29, 1.82) is 0 Å². The number of rotatable bonds is 5. The molecule has 0 saturated heterocycles. The number of nitrogens with two attached hydrogens (primary N) is 1. The van der Waals surface area contributed by atoms with Crippen molar-refractivity contribution in [3.63, 3.8) is 0 Å². The van der Waals surface area contributed by atoms with Crippen molar-refractivity contribution in [2.75, 3.05) is 6.54 Å². The SMILES string of the molecule is CCC(CC)(CN)Cc1ccc(O)cc1. The summed E-state index contributed by atoms with van der Waals surface area (Å²) in [6.07, 6.45) is 3.19. The summed E-state index contributed by atoms with van der Waals surface area (Å²) in [5, 5.41) is 9.20. The Morgan fingerprint density at radius 1 is 1.13 bits per heavy atom. The van der Waals surface area contributed by atoms with Crippen molar-refractivity contribution >= 4 is 0 Å². The number of hydrogen-bond donors (Lipinski definition) is 2. The van der Waals surface area contributed by atoms with Crippen LogP contribution >= 0.6 is 0 Å². The molecule has 0 heterocycles. The van der Waals surface area contributed by atoms with Crippen LogP contribution in [0.5, 0.6) is 5.75 Å². The topological polar surface area (TPSA) is 46.2 Å². The second-order valence-electron chi connectivity index (χ2n) is 4.25. The monoisotopic (exact) mass is 207 g/mol. The van der Waals surface area contributed by atoms with Gasteiger partial charge < -0.3 is 10.8 Å². The van der Waals surface area contributed by atoms with Gasteiger partial charge >= 0.3 is 0 Å². The zero-order chi connectivity index (χ0) is 11.3. The van der Waals surface area contributed by atoms with Crippen LogP contribution in [0.4, 0.5) is 0 Å². The average molecular weight is 207 g/mol. The molecule has 0 amide bonds. The van der Waals surface area contributed by atoms with Gasteiger partial charge in [0.2, 0.25) is 0 Å². The Hall–Kier alpha value is -1.02. The van der Waals surface area contributed by atoms with Crippen LogP contribution in [0.1, 0.15) is 32.3 Å². The Morgan fingerprint density at radius 2 is 1.67 bits per heavy atom. The molecule has 0 atom stereocenters. The van der Waals surface area contributed by atoms with Gasteiger partial charge in [0, 0.05) is 0 Å². The first-order valence-corrected chi connectivity index (χ1v) is 5.64. The van der Waals surface area contributed by atoms with E-state index in [9.17, 15) is 5.11 Å². The molecule has 0 saturated carbocycles. The van der Waals surface area contributed by atoms with Crippen molar-refractivity contribution in [3.8, 4) is 5.75 Å². The molecule has 1 aromatic rings. The largest absolute Gasteiger partial charge is 0.508 e. The zero-order valence-corrected chi connectivity index (χ0v) is 9.66. The zero-order valence-electron chi connectivity index (χ0n) is 9.66. The molecule has 0 radical (unpaired) electrons. The molecule has 0 aliphatic rings. The molecule has 0 unspecified atom stereocenters. The fourth-order valence-corrected chi connectivity index (χ4v) is 1.91. The third-order valence-electron chi connectivity index (χ3n) is 3.45. The molecule has 2 nitrogen and oxygen atoms in total. The van der Waals surface area contributed by atoms with Gasteiger partial charge in [-0.25, -0.2) is 0 Å². The van der Waals surface area contributed by atoms with Crippen LogP contribution in [0.2, 0.25) is 0 Å². The van der Waals surface area contributed by atoms with Gasteiger partial charge in [0.15, 0.2) is 0 Å². The Kier molecular flexibility index (Phi) is 4.15. The average Bonchev–Trinajstić information content (AvgIpc) is 2.29. The van der Waals surface area contributed by atoms with Crippen molar-refractivity contribution in [2.24, 2.45) is 11.1 Å². The highest BCUT2D eigenvalue weighted by atomic mass is 16.3. The molecule has 1 aromatic carbocycles. The molecule has 1 rings (SSSR count). The molecule has 2 heteroatoms. The maximum Gasteiger partial charge on any atom is 0.115 e. The van der Waals surface area contributed by atoms with Gasteiger partial charge in [0.1, 0.15) is 5.75 Å². The van der Waals surface area contributed by atoms with E-state index >= 15 is 0 Å². The smallest absolute Gasteiger partial charge is 0.115 e. The van der Waals surface area contributed by atoms with E-state index in [1.807, 2.05) is 12.1 Å². The van der Waals surface area contributed by atoms with Gasteiger partial charge in [-0.05, 0) is 48.9 Å². The van der Waals surface area contributed by atoms with Crippen LogP contribution in [0.15, 0.2) is 24.3 Å². The number of phenolic OH excluding ortho intramolecular Hbond substituents is 1. The van der Waals surface area contributed by atoms with Crippen molar-refractivity contribution < 1.29 is 5.11 Å². The minimum atomic E-state index is 0.219. The van der Waals surface area contributed by atoms with Crippen LogP contribution in [0.25, 0.3) is 0 Å². The quantitative estimate of drug-likeness (QED) is 0.779. The third kappa shape index (κ3) is 2.96. The first-order valence-electron chi connectivity index (χ1n) is 5.64. The summed E-state index contributed by atoms with van der Waals surface area (Å²) < 4.78 is 0. The lowest BCUT2D eigenvalue weighted by atomic mass is 9.77. The van der Waals surface area contributed by atoms with E-state index in [1.54, 1.807) is 12.1 Å². The van der Waals surface area contributed by atoms with E-state index in [1.165, 1.54) is 5.56 Å². The first kappa shape index (κ1) is 12.1. The minimum Gasteiger partial charge on any atom is -0.508 e. The molecule has 15 heavy (non-hydrogen) atoms. The van der Waals surface area contributed by atoms with E-state index in [0.717, 1.165) is 25.8 Å². The van der Waals surface area contributed by atoms with Gasteiger partial charge in [-0.15, -0.1) is 0 Å². The highest BCUT2D eigenvalue weighted by Crippen LogP contribution is 2.30. The van der Waals surface area contributed by atoms with Gasteiger partial charge in [-0.1, -0.05) is 26.0 Å². The summed E-state index contributed by atoms with van der Waals surface area (Å²) >= 11 is 0. The van der Waals surface area contributed by atoms with Crippen LogP contribution < -0.4 is 5.73 Å². The maximum atomic E-state index is 9.20. The lowest BCUT2D eigenvalue weighted by molar-refractivity contribution is 0.271. The van der Waals surface area contributed by atoms with Crippen molar-refractivity contribution in [3.05, 3.63) is 29.8 Å². The molecule has 84 valence electrons. The van der Waals surface area contributed by atoms with E-state index in [-0.39, 0.29) is 5.41 Å². The van der Waals surface area contributed by atoms with Crippen LogP contribution in [0, 0.1) is 5.41 Å². The van der Waals surface area contributed by atoms with Gasteiger partial charge in [-0.2, -0.15) is 0 Å². The van der Waals surface area contributed by atoms with Gasteiger partial charge in [0.25, 0.3) is 0 Å². The fourth-order valence-electron chi connectivity index (χ4n) is 1.91. The van der Waals surface area contributed by atoms with Crippen molar-refractivity contribution in [1.82, 2.24) is 0 Å². The summed E-state index contributed by atoms with van der Waals surface area (Å²) in [5.74, 6) is 0.324. The van der Waals surface area contributed by atoms with E-state index in [2.05, 4.69) is 13.8 Å². The van der Waals surface area contributed by atoms with Gasteiger partial charge in [-0.3, -0.25) is 0 Å². The fraction of sp³-hybridized carbons (Fsp3) is 0.538. The summed E-state index contributed by atoms with van der Waals surface area (Å²) in [4.78, 5) is 0. The van der Waals surface area contributed by atoms with E-state index < -0.39 is 0 Å². The molecule has 0 fully saturated rings. The summed E-state index contributed by atoms with van der Waals surface area (Å²) in [6.45, 7) is 5.11. The number of phenols is 1. The Balaban J connectivity index is 2.78. The molecule has 0 spiro atoms. The Labute approximate surface area is 92.1 Å². The number of benzene rings is 1. The Bertz CT molecular complexity index is 280. The summed E-state index contributed by atoms with van der Waals surface area (Å²) in [7, 11) is 0. The third-order valence-corrected chi connectivity index (χ3v) is 3.45.